The maximum absolute atomic E-state index is 13.1. The molecule has 24 heavy (non-hydrogen) atoms. The number of hydrogen-bond acceptors (Lipinski definition) is 4. The summed E-state index contributed by atoms with van der Waals surface area (Å²) < 4.78 is 7.70. The lowest BCUT2D eigenvalue weighted by Gasteiger charge is -2.13. The van der Waals surface area contributed by atoms with Gasteiger partial charge in [-0.2, -0.15) is 0 Å². The molecule has 0 N–H and O–H groups in total. The van der Waals surface area contributed by atoms with Crippen molar-refractivity contribution in [3.05, 3.63) is 69.9 Å². The highest BCUT2D eigenvalue weighted by Crippen LogP contribution is 2.30. The minimum absolute atomic E-state index is 0.122. The Hall–Kier alpha value is -2.05. The Morgan fingerprint density at radius 2 is 2.08 bits per heavy atom. The highest BCUT2D eigenvalue weighted by molar-refractivity contribution is 9.10. The van der Waals surface area contributed by atoms with Crippen LogP contribution in [0, 0.1) is 0 Å². The van der Waals surface area contributed by atoms with E-state index >= 15 is 0 Å². The largest absolute Gasteiger partial charge is 0.496 e. The molecule has 0 aliphatic carbocycles. The van der Waals surface area contributed by atoms with Crippen LogP contribution in [-0.2, 0) is 0 Å². The van der Waals surface area contributed by atoms with Crippen molar-refractivity contribution in [2.24, 2.45) is 0 Å². The van der Waals surface area contributed by atoms with E-state index in [-0.39, 0.29) is 5.56 Å². The molecule has 0 aliphatic rings. The molecule has 3 rings (SSSR count). The number of rotatable bonds is 5. The fourth-order valence-corrected chi connectivity index (χ4v) is 3.60. The van der Waals surface area contributed by atoms with E-state index in [1.807, 2.05) is 36.4 Å². The molecule has 0 saturated carbocycles. The Labute approximate surface area is 152 Å². The number of halogens is 1. The lowest BCUT2D eigenvalue weighted by atomic mass is 10.2. The molecule has 4 nitrogen and oxygen atoms in total. The van der Waals surface area contributed by atoms with Crippen molar-refractivity contribution in [1.82, 2.24) is 9.55 Å². The molecular formula is C18H15BrN2O2S. The maximum Gasteiger partial charge on any atom is 0.266 e. The molecule has 0 radical (unpaired) electrons. The van der Waals surface area contributed by atoms with Crippen LogP contribution in [0.25, 0.3) is 16.6 Å². The van der Waals surface area contributed by atoms with Gasteiger partial charge in [-0.05, 0) is 40.2 Å². The van der Waals surface area contributed by atoms with Gasteiger partial charge in [0.15, 0.2) is 5.16 Å². The van der Waals surface area contributed by atoms with Gasteiger partial charge in [0.05, 0.1) is 28.2 Å². The van der Waals surface area contributed by atoms with E-state index in [4.69, 9.17) is 4.74 Å². The molecule has 1 heterocycles. The van der Waals surface area contributed by atoms with E-state index in [2.05, 4.69) is 27.5 Å². The van der Waals surface area contributed by atoms with Crippen molar-refractivity contribution >= 4 is 38.6 Å². The molecule has 0 fully saturated rings. The summed E-state index contributed by atoms with van der Waals surface area (Å²) in [6.45, 7) is 3.74. The van der Waals surface area contributed by atoms with Crippen molar-refractivity contribution in [2.75, 3.05) is 12.9 Å². The smallest absolute Gasteiger partial charge is 0.266 e. The zero-order valence-corrected chi connectivity index (χ0v) is 15.4. The van der Waals surface area contributed by atoms with E-state index in [0.29, 0.717) is 27.6 Å². The lowest BCUT2D eigenvalue weighted by Crippen LogP contribution is -2.21. The topological polar surface area (TPSA) is 44.1 Å². The number of benzene rings is 2. The predicted octanol–water partition coefficient (Wildman–Crippen LogP) is 4.43. The van der Waals surface area contributed by atoms with Gasteiger partial charge in [0.1, 0.15) is 5.75 Å². The first-order valence-electron chi connectivity index (χ1n) is 7.25. The minimum atomic E-state index is -0.122. The average molecular weight is 403 g/mol. The standard InChI is InChI=1S/C18H15BrN2O2S/c1-3-9-24-18-20-15-11-14(19)16(23-2)10-13(15)17(22)21(18)12-7-5-4-6-8-12/h3-8,10-11H,1,9H2,2H3. The van der Waals surface area contributed by atoms with Crippen LogP contribution < -0.4 is 10.3 Å². The predicted molar refractivity (Wildman–Crippen MR) is 103 cm³/mol. The summed E-state index contributed by atoms with van der Waals surface area (Å²) in [5.41, 5.74) is 1.29. The van der Waals surface area contributed by atoms with Crippen molar-refractivity contribution in [3.8, 4) is 11.4 Å². The summed E-state index contributed by atoms with van der Waals surface area (Å²) in [6, 6.07) is 13.0. The van der Waals surface area contributed by atoms with E-state index in [1.165, 1.54) is 11.8 Å². The Morgan fingerprint density at radius 3 is 2.75 bits per heavy atom. The monoisotopic (exact) mass is 402 g/mol. The van der Waals surface area contributed by atoms with Gasteiger partial charge >= 0.3 is 0 Å². The van der Waals surface area contributed by atoms with Crippen LogP contribution in [0.1, 0.15) is 0 Å². The molecule has 0 unspecified atom stereocenters. The molecule has 122 valence electrons. The quantitative estimate of drug-likeness (QED) is 0.359. The van der Waals surface area contributed by atoms with Gasteiger partial charge in [-0.15, -0.1) is 6.58 Å². The number of aromatic nitrogens is 2. The van der Waals surface area contributed by atoms with Crippen LogP contribution in [0.3, 0.4) is 0 Å². The summed E-state index contributed by atoms with van der Waals surface area (Å²) in [6.07, 6.45) is 1.79. The van der Waals surface area contributed by atoms with Gasteiger partial charge in [-0.25, -0.2) is 4.98 Å². The fraction of sp³-hybridized carbons (Fsp3) is 0.111. The zero-order valence-electron chi connectivity index (χ0n) is 13.0. The summed E-state index contributed by atoms with van der Waals surface area (Å²) >= 11 is 4.92. The van der Waals surface area contributed by atoms with Crippen LogP contribution >= 0.6 is 27.7 Å². The Balaban J connectivity index is 2.34. The molecule has 0 spiro atoms. The second kappa shape index (κ2) is 7.23. The average Bonchev–Trinajstić information content (AvgIpc) is 2.60. The summed E-state index contributed by atoms with van der Waals surface area (Å²) in [7, 11) is 1.57. The third-order valence-electron chi connectivity index (χ3n) is 3.46. The molecule has 0 bridgehead atoms. The molecule has 2 aromatic carbocycles. The second-order valence-corrected chi connectivity index (χ2v) is 6.82. The van der Waals surface area contributed by atoms with Crippen molar-refractivity contribution < 1.29 is 4.74 Å². The van der Waals surface area contributed by atoms with Gasteiger partial charge in [0.2, 0.25) is 0 Å². The molecular weight excluding hydrogens is 388 g/mol. The number of thioether (sulfide) groups is 1. The van der Waals surface area contributed by atoms with Crippen LogP contribution in [0.15, 0.2) is 69.5 Å². The van der Waals surface area contributed by atoms with Crippen molar-refractivity contribution in [1.29, 1.82) is 0 Å². The molecule has 0 saturated heterocycles. The minimum Gasteiger partial charge on any atom is -0.496 e. The maximum atomic E-state index is 13.1. The summed E-state index contributed by atoms with van der Waals surface area (Å²) in [5, 5.41) is 1.15. The molecule has 0 aliphatic heterocycles. The van der Waals surface area contributed by atoms with Crippen LogP contribution in [-0.4, -0.2) is 22.4 Å². The summed E-state index contributed by atoms with van der Waals surface area (Å²) in [5.74, 6) is 1.27. The first-order chi connectivity index (χ1) is 11.7. The number of hydrogen-bond donors (Lipinski definition) is 0. The number of fused-ring (bicyclic) bond motifs is 1. The van der Waals surface area contributed by atoms with Gasteiger partial charge in [0, 0.05) is 5.75 Å². The van der Waals surface area contributed by atoms with Gasteiger partial charge in [0.25, 0.3) is 5.56 Å². The van der Waals surface area contributed by atoms with E-state index in [0.717, 1.165) is 10.2 Å². The first-order valence-corrected chi connectivity index (χ1v) is 9.03. The highest BCUT2D eigenvalue weighted by atomic mass is 79.9. The lowest BCUT2D eigenvalue weighted by molar-refractivity contribution is 0.412. The van der Waals surface area contributed by atoms with Gasteiger partial charge in [-0.3, -0.25) is 9.36 Å². The van der Waals surface area contributed by atoms with E-state index in [9.17, 15) is 4.79 Å². The van der Waals surface area contributed by atoms with Crippen LogP contribution in [0.2, 0.25) is 0 Å². The van der Waals surface area contributed by atoms with Gasteiger partial charge in [-0.1, -0.05) is 36.0 Å². The number of para-hydroxylation sites is 1. The summed E-state index contributed by atoms with van der Waals surface area (Å²) in [4.78, 5) is 17.8. The van der Waals surface area contributed by atoms with E-state index < -0.39 is 0 Å². The van der Waals surface area contributed by atoms with Crippen LogP contribution in [0.4, 0.5) is 0 Å². The molecule has 0 atom stereocenters. The second-order valence-electron chi connectivity index (χ2n) is 4.97. The third kappa shape index (κ3) is 3.12. The Morgan fingerprint density at radius 1 is 1.33 bits per heavy atom. The Bertz CT molecular complexity index is 955. The van der Waals surface area contributed by atoms with Crippen LogP contribution in [0.5, 0.6) is 5.75 Å². The van der Waals surface area contributed by atoms with Crippen molar-refractivity contribution in [3.63, 3.8) is 0 Å². The molecule has 6 heteroatoms. The number of methoxy groups -OCH3 is 1. The first kappa shape index (κ1) is 16.8. The molecule has 3 aromatic rings. The molecule has 0 amide bonds. The zero-order chi connectivity index (χ0) is 17.1. The van der Waals surface area contributed by atoms with Crippen molar-refractivity contribution in [2.45, 2.75) is 5.16 Å². The number of ether oxygens (including phenoxy) is 1. The SMILES string of the molecule is C=CCSc1nc2cc(Br)c(OC)cc2c(=O)n1-c1ccccc1. The van der Waals surface area contributed by atoms with E-state index in [1.54, 1.807) is 23.8 Å². The normalized spacial score (nSPS) is 10.8. The van der Waals surface area contributed by atoms with Gasteiger partial charge < -0.3 is 4.74 Å². The fourth-order valence-electron chi connectivity index (χ4n) is 2.36. The highest BCUT2D eigenvalue weighted by Gasteiger charge is 2.15. The number of nitrogens with zero attached hydrogens (tertiary/aromatic N) is 2. The molecule has 1 aromatic heterocycles. The Kier molecular flexibility index (Phi) is 5.06. The third-order valence-corrected chi connectivity index (χ3v) is 5.01.